The number of anilines is 3. The molecule has 5 nitrogen and oxygen atoms in total. The van der Waals surface area contributed by atoms with E-state index in [1.165, 1.54) is 6.07 Å². The fourth-order valence-corrected chi connectivity index (χ4v) is 1.37. The SMILES string of the molecule is Cc1cc(Nc2ccnc(NN)n2)ccc1F. The van der Waals surface area contributed by atoms with E-state index >= 15 is 0 Å². The molecule has 0 aliphatic carbocycles. The molecule has 0 bridgehead atoms. The van der Waals surface area contributed by atoms with Gasteiger partial charge in [0, 0.05) is 11.9 Å². The number of rotatable bonds is 3. The highest BCUT2D eigenvalue weighted by molar-refractivity contribution is 5.57. The van der Waals surface area contributed by atoms with Crippen molar-refractivity contribution in [3.63, 3.8) is 0 Å². The summed E-state index contributed by atoms with van der Waals surface area (Å²) in [4.78, 5) is 7.97. The molecule has 2 aromatic rings. The molecule has 0 atom stereocenters. The van der Waals surface area contributed by atoms with Gasteiger partial charge >= 0.3 is 0 Å². The predicted molar refractivity (Wildman–Crippen MR) is 64.3 cm³/mol. The number of aryl methyl sites for hydroxylation is 1. The van der Waals surface area contributed by atoms with E-state index in [0.29, 0.717) is 17.3 Å². The normalized spacial score (nSPS) is 10.1. The lowest BCUT2D eigenvalue weighted by Gasteiger charge is -2.07. The number of hydrazine groups is 1. The van der Waals surface area contributed by atoms with E-state index in [0.717, 1.165) is 5.69 Å². The first kappa shape index (κ1) is 11.3. The van der Waals surface area contributed by atoms with Gasteiger partial charge in [0.2, 0.25) is 5.95 Å². The maximum atomic E-state index is 13.1. The molecule has 0 saturated carbocycles. The lowest BCUT2D eigenvalue weighted by molar-refractivity contribution is 0.619. The lowest BCUT2D eigenvalue weighted by atomic mass is 10.2. The summed E-state index contributed by atoms with van der Waals surface area (Å²) in [7, 11) is 0. The van der Waals surface area contributed by atoms with E-state index in [-0.39, 0.29) is 5.82 Å². The number of nitrogens with zero attached hydrogens (tertiary/aromatic N) is 2. The number of nitrogens with one attached hydrogen (secondary N) is 2. The minimum atomic E-state index is -0.234. The molecular weight excluding hydrogens is 221 g/mol. The van der Waals surface area contributed by atoms with E-state index in [1.807, 2.05) is 0 Å². The molecule has 0 radical (unpaired) electrons. The highest BCUT2D eigenvalue weighted by atomic mass is 19.1. The molecule has 1 aromatic heterocycles. The summed E-state index contributed by atoms with van der Waals surface area (Å²) in [6, 6.07) is 6.44. The quantitative estimate of drug-likeness (QED) is 0.558. The molecular formula is C11H12FN5. The number of nitrogens with two attached hydrogens (primary N) is 1. The number of halogens is 1. The standard InChI is InChI=1S/C11H12FN5/c1-7-6-8(2-3-9(7)12)15-10-4-5-14-11(16-10)17-13/h2-6H,13H2,1H3,(H2,14,15,16,17). The van der Waals surface area contributed by atoms with Crippen LogP contribution in [0.5, 0.6) is 0 Å². The monoisotopic (exact) mass is 233 g/mol. The van der Waals surface area contributed by atoms with Crippen molar-refractivity contribution in [2.75, 3.05) is 10.7 Å². The van der Waals surface area contributed by atoms with Crippen LogP contribution in [0.1, 0.15) is 5.56 Å². The second-order valence-electron chi connectivity index (χ2n) is 3.50. The average Bonchev–Trinajstić information content (AvgIpc) is 2.34. The van der Waals surface area contributed by atoms with Crippen LogP contribution in [0.4, 0.5) is 21.8 Å². The largest absolute Gasteiger partial charge is 0.340 e. The Morgan fingerprint density at radius 3 is 2.82 bits per heavy atom. The minimum absolute atomic E-state index is 0.234. The van der Waals surface area contributed by atoms with Gasteiger partial charge in [0.25, 0.3) is 0 Å². The van der Waals surface area contributed by atoms with Crippen LogP contribution in [0.3, 0.4) is 0 Å². The molecule has 0 aliphatic heterocycles. The fraction of sp³-hybridized carbons (Fsp3) is 0.0909. The molecule has 1 heterocycles. The van der Waals surface area contributed by atoms with Crippen LogP contribution in [0, 0.1) is 12.7 Å². The third-order valence-corrected chi connectivity index (χ3v) is 2.22. The van der Waals surface area contributed by atoms with Gasteiger partial charge in [-0.25, -0.2) is 15.2 Å². The summed E-state index contributed by atoms with van der Waals surface area (Å²) >= 11 is 0. The smallest absolute Gasteiger partial charge is 0.239 e. The van der Waals surface area contributed by atoms with Gasteiger partial charge in [0.15, 0.2) is 0 Å². The first-order chi connectivity index (χ1) is 8.19. The first-order valence-corrected chi connectivity index (χ1v) is 5.02. The Balaban J connectivity index is 2.22. The zero-order valence-corrected chi connectivity index (χ0v) is 9.24. The Labute approximate surface area is 97.9 Å². The summed E-state index contributed by atoms with van der Waals surface area (Å²) in [6.07, 6.45) is 1.57. The molecule has 17 heavy (non-hydrogen) atoms. The molecule has 0 saturated heterocycles. The zero-order chi connectivity index (χ0) is 12.3. The van der Waals surface area contributed by atoms with Crippen molar-refractivity contribution in [3.8, 4) is 0 Å². The van der Waals surface area contributed by atoms with Crippen molar-refractivity contribution in [2.45, 2.75) is 6.92 Å². The molecule has 0 amide bonds. The van der Waals surface area contributed by atoms with E-state index in [4.69, 9.17) is 5.84 Å². The molecule has 4 N–H and O–H groups in total. The second-order valence-corrected chi connectivity index (χ2v) is 3.50. The molecule has 0 aliphatic rings. The molecule has 2 rings (SSSR count). The number of benzene rings is 1. The van der Waals surface area contributed by atoms with Crippen LogP contribution >= 0.6 is 0 Å². The van der Waals surface area contributed by atoms with Crippen LogP contribution < -0.4 is 16.6 Å². The van der Waals surface area contributed by atoms with Gasteiger partial charge < -0.3 is 5.32 Å². The molecule has 6 heteroatoms. The van der Waals surface area contributed by atoms with Crippen LogP contribution in [-0.4, -0.2) is 9.97 Å². The molecule has 0 fully saturated rings. The molecule has 0 unspecified atom stereocenters. The average molecular weight is 233 g/mol. The van der Waals surface area contributed by atoms with Crippen LogP contribution in [-0.2, 0) is 0 Å². The summed E-state index contributed by atoms with van der Waals surface area (Å²) in [5.74, 6) is 5.87. The van der Waals surface area contributed by atoms with E-state index < -0.39 is 0 Å². The van der Waals surface area contributed by atoms with Crippen molar-refractivity contribution in [2.24, 2.45) is 5.84 Å². The third kappa shape index (κ3) is 2.67. The van der Waals surface area contributed by atoms with Crippen molar-refractivity contribution in [3.05, 3.63) is 41.8 Å². The van der Waals surface area contributed by atoms with Gasteiger partial charge in [-0.05, 0) is 36.8 Å². The second kappa shape index (κ2) is 4.75. The van der Waals surface area contributed by atoms with Crippen molar-refractivity contribution >= 4 is 17.5 Å². The fourth-order valence-electron chi connectivity index (χ4n) is 1.37. The number of aromatic nitrogens is 2. The van der Waals surface area contributed by atoms with Gasteiger partial charge in [-0.1, -0.05) is 0 Å². The van der Waals surface area contributed by atoms with Gasteiger partial charge in [-0.15, -0.1) is 0 Å². The number of hydrogen-bond acceptors (Lipinski definition) is 5. The number of nitrogen functional groups attached to an aromatic ring is 1. The lowest BCUT2D eigenvalue weighted by Crippen LogP contribution is -2.10. The molecule has 1 aromatic carbocycles. The summed E-state index contributed by atoms with van der Waals surface area (Å²) in [5.41, 5.74) is 3.68. The summed E-state index contributed by atoms with van der Waals surface area (Å²) in [5, 5.41) is 3.03. The van der Waals surface area contributed by atoms with Crippen molar-refractivity contribution < 1.29 is 4.39 Å². The Kier molecular flexibility index (Phi) is 3.15. The van der Waals surface area contributed by atoms with E-state index in [2.05, 4.69) is 20.7 Å². The highest BCUT2D eigenvalue weighted by Gasteiger charge is 2.01. The van der Waals surface area contributed by atoms with Gasteiger partial charge in [0.1, 0.15) is 11.6 Å². The maximum Gasteiger partial charge on any atom is 0.239 e. The molecule has 0 spiro atoms. The summed E-state index contributed by atoms with van der Waals surface area (Å²) < 4.78 is 13.1. The van der Waals surface area contributed by atoms with Crippen LogP contribution in [0.2, 0.25) is 0 Å². The third-order valence-electron chi connectivity index (χ3n) is 2.22. The molecule has 88 valence electrons. The van der Waals surface area contributed by atoms with Gasteiger partial charge in [-0.3, -0.25) is 5.43 Å². The van der Waals surface area contributed by atoms with E-state index in [9.17, 15) is 4.39 Å². The maximum absolute atomic E-state index is 13.1. The van der Waals surface area contributed by atoms with Crippen molar-refractivity contribution in [1.29, 1.82) is 0 Å². The number of hydrogen-bond donors (Lipinski definition) is 3. The Hall–Kier alpha value is -2.21. The Morgan fingerprint density at radius 2 is 2.12 bits per heavy atom. The Morgan fingerprint density at radius 1 is 1.29 bits per heavy atom. The zero-order valence-electron chi connectivity index (χ0n) is 9.24. The van der Waals surface area contributed by atoms with E-state index in [1.54, 1.807) is 31.3 Å². The first-order valence-electron chi connectivity index (χ1n) is 5.02. The van der Waals surface area contributed by atoms with Gasteiger partial charge in [0.05, 0.1) is 0 Å². The Bertz CT molecular complexity index is 529. The highest BCUT2D eigenvalue weighted by Crippen LogP contribution is 2.18. The minimum Gasteiger partial charge on any atom is -0.340 e. The van der Waals surface area contributed by atoms with Crippen molar-refractivity contribution in [1.82, 2.24) is 9.97 Å². The van der Waals surface area contributed by atoms with Crippen LogP contribution in [0.15, 0.2) is 30.5 Å². The van der Waals surface area contributed by atoms with Gasteiger partial charge in [-0.2, -0.15) is 4.98 Å². The topological polar surface area (TPSA) is 75.9 Å². The predicted octanol–water partition coefficient (Wildman–Crippen LogP) is 1.95. The summed E-state index contributed by atoms with van der Waals surface area (Å²) in [6.45, 7) is 1.70. The van der Waals surface area contributed by atoms with Crippen LogP contribution in [0.25, 0.3) is 0 Å².